The number of rotatable bonds is 2. The van der Waals surface area contributed by atoms with Crippen LogP contribution in [0.3, 0.4) is 0 Å². The van der Waals surface area contributed by atoms with Crippen LogP contribution in [0.1, 0.15) is 11.1 Å². The van der Waals surface area contributed by atoms with Gasteiger partial charge in [0.05, 0.1) is 0 Å². The lowest BCUT2D eigenvalue weighted by Crippen LogP contribution is -2.22. The summed E-state index contributed by atoms with van der Waals surface area (Å²) in [7, 11) is 0. The second kappa shape index (κ2) is 4.52. The summed E-state index contributed by atoms with van der Waals surface area (Å²) in [5, 5.41) is 14.9. The molecule has 0 radical (unpaired) electrons. The van der Waals surface area contributed by atoms with Crippen LogP contribution in [0.2, 0.25) is 0 Å². The Morgan fingerprint density at radius 3 is 2.67 bits per heavy atom. The van der Waals surface area contributed by atoms with Gasteiger partial charge in [-0.15, -0.1) is 0 Å². The van der Waals surface area contributed by atoms with Gasteiger partial charge in [0.2, 0.25) is 17.8 Å². The Hall–Kier alpha value is -3.02. The van der Waals surface area contributed by atoms with E-state index in [4.69, 9.17) is 9.47 Å². The van der Waals surface area contributed by atoms with Gasteiger partial charge in [-0.25, -0.2) is 0 Å². The van der Waals surface area contributed by atoms with Crippen molar-refractivity contribution in [1.29, 1.82) is 0 Å². The van der Waals surface area contributed by atoms with Gasteiger partial charge in [-0.05, 0) is 34.2 Å². The van der Waals surface area contributed by atoms with Crippen molar-refractivity contribution in [3.8, 4) is 11.5 Å². The molecule has 4 rings (SSSR count). The highest BCUT2D eigenvalue weighted by Crippen LogP contribution is 2.32. The molecule has 0 atom stereocenters. The molecule has 0 fully saturated rings. The highest BCUT2D eigenvalue weighted by Gasteiger charge is 2.12. The van der Waals surface area contributed by atoms with Gasteiger partial charge in [-0.1, -0.05) is 24.3 Å². The average molecular weight is 282 g/mol. The molecule has 0 amide bonds. The summed E-state index contributed by atoms with van der Waals surface area (Å²) in [6.45, 7) is 0.264. The number of aromatic nitrogens is 2. The van der Waals surface area contributed by atoms with Crippen LogP contribution in [-0.2, 0) is 0 Å². The monoisotopic (exact) mass is 282 g/mol. The van der Waals surface area contributed by atoms with E-state index in [1.807, 2.05) is 36.4 Å². The molecule has 0 saturated heterocycles. The lowest BCUT2D eigenvalue weighted by atomic mass is 10.1. The Labute approximate surface area is 119 Å². The van der Waals surface area contributed by atoms with E-state index in [0.717, 1.165) is 22.6 Å². The van der Waals surface area contributed by atoms with Gasteiger partial charge in [0.1, 0.15) is 0 Å². The Balaban J connectivity index is 1.64. The maximum absolute atomic E-state index is 11.2. The first-order chi connectivity index (χ1) is 10.3. The number of ether oxygens (including phenoxy) is 2. The minimum atomic E-state index is 0.264. The predicted octanol–water partition coefficient (Wildman–Crippen LogP) is 2.36. The van der Waals surface area contributed by atoms with Gasteiger partial charge in [-0.2, -0.15) is 0 Å². The van der Waals surface area contributed by atoms with Gasteiger partial charge < -0.3 is 14.7 Å². The molecule has 0 N–H and O–H groups in total. The fourth-order valence-electron chi connectivity index (χ4n) is 2.21. The number of fused-ring (bicyclic) bond motifs is 2. The standard InChI is InChI=1S/C15H10N2O4/c18-17-13-5-3-10(7-12(13)16-21-17)1-2-11-4-6-14-15(8-11)20-9-19-14/h1-8H,9H2/b2-1+. The normalized spacial score (nSPS) is 13.3. The van der Waals surface area contributed by atoms with Gasteiger partial charge >= 0.3 is 0 Å². The van der Waals surface area contributed by atoms with Crippen molar-refractivity contribution < 1.29 is 19.0 Å². The van der Waals surface area contributed by atoms with Crippen molar-refractivity contribution in [3.63, 3.8) is 0 Å². The summed E-state index contributed by atoms with van der Waals surface area (Å²) in [5.74, 6) is 1.51. The van der Waals surface area contributed by atoms with Crippen molar-refractivity contribution in [1.82, 2.24) is 5.16 Å². The topological polar surface area (TPSA) is 71.4 Å². The van der Waals surface area contributed by atoms with Crippen molar-refractivity contribution in [2.45, 2.75) is 0 Å². The van der Waals surface area contributed by atoms with Crippen LogP contribution in [0.25, 0.3) is 23.2 Å². The van der Waals surface area contributed by atoms with E-state index in [1.54, 1.807) is 12.1 Å². The highest BCUT2D eigenvalue weighted by atomic mass is 16.8. The molecule has 1 aliphatic heterocycles. The zero-order valence-corrected chi connectivity index (χ0v) is 10.9. The lowest BCUT2D eigenvalue weighted by Gasteiger charge is -1.97. The quantitative estimate of drug-likeness (QED) is 0.533. The molecule has 6 heteroatoms. The zero-order chi connectivity index (χ0) is 14.2. The minimum absolute atomic E-state index is 0.264. The minimum Gasteiger partial charge on any atom is -0.454 e. The molecule has 0 saturated carbocycles. The van der Waals surface area contributed by atoms with Gasteiger partial charge in [0.25, 0.3) is 0 Å². The van der Waals surface area contributed by atoms with E-state index >= 15 is 0 Å². The zero-order valence-electron chi connectivity index (χ0n) is 10.9. The molecule has 104 valence electrons. The Morgan fingerprint density at radius 1 is 1.00 bits per heavy atom. The SMILES string of the molecule is [O-][n+]1onc2cc(/C=C/c3ccc4c(c3)OCO4)ccc21. The number of hydrogen-bond acceptors (Lipinski definition) is 5. The van der Waals surface area contributed by atoms with Gasteiger partial charge in [-0.3, -0.25) is 4.63 Å². The first kappa shape index (κ1) is 11.8. The summed E-state index contributed by atoms with van der Waals surface area (Å²) >= 11 is 0. The third kappa shape index (κ3) is 2.06. The van der Waals surface area contributed by atoms with Crippen LogP contribution in [0.15, 0.2) is 41.0 Å². The van der Waals surface area contributed by atoms with Crippen LogP contribution in [-0.4, -0.2) is 11.9 Å². The largest absolute Gasteiger partial charge is 0.454 e. The van der Waals surface area contributed by atoms with E-state index in [0.29, 0.717) is 15.9 Å². The molecule has 6 nitrogen and oxygen atoms in total. The van der Waals surface area contributed by atoms with E-state index in [-0.39, 0.29) is 6.79 Å². The fourth-order valence-corrected chi connectivity index (χ4v) is 2.21. The van der Waals surface area contributed by atoms with Gasteiger partial charge in [0, 0.05) is 11.2 Å². The smallest absolute Gasteiger partial charge is 0.249 e. The van der Waals surface area contributed by atoms with Crippen LogP contribution in [0, 0.1) is 5.21 Å². The summed E-state index contributed by atoms with van der Waals surface area (Å²) in [6, 6.07) is 11.0. The summed E-state index contributed by atoms with van der Waals surface area (Å²) in [6.07, 6.45) is 3.88. The summed E-state index contributed by atoms with van der Waals surface area (Å²) in [5.41, 5.74) is 2.86. The lowest BCUT2D eigenvalue weighted by molar-refractivity contribution is -0.782. The molecule has 3 aromatic rings. The number of hydrogen-bond donors (Lipinski definition) is 0. The summed E-state index contributed by atoms with van der Waals surface area (Å²) in [4.78, 5) is 0.390. The molecule has 0 spiro atoms. The van der Waals surface area contributed by atoms with Crippen molar-refractivity contribution in [3.05, 3.63) is 52.7 Å². The van der Waals surface area contributed by atoms with E-state index in [1.165, 1.54) is 0 Å². The summed E-state index contributed by atoms with van der Waals surface area (Å²) < 4.78 is 15.1. The van der Waals surface area contributed by atoms with Crippen molar-refractivity contribution in [2.75, 3.05) is 6.79 Å². The molecule has 1 aliphatic rings. The maximum Gasteiger partial charge on any atom is 0.249 e. The average Bonchev–Trinajstić information content (AvgIpc) is 3.11. The third-order valence-electron chi connectivity index (χ3n) is 3.27. The Kier molecular flexibility index (Phi) is 2.53. The predicted molar refractivity (Wildman–Crippen MR) is 74.5 cm³/mol. The van der Waals surface area contributed by atoms with Crippen LogP contribution in [0.4, 0.5) is 0 Å². The highest BCUT2D eigenvalue weighted by molar-refractivity contribution is 5.78. The van der Waals surface area contributed by atoms with Gasteiger partial charge in [0.15, 0.2) is 11.5 Å². The Bertz CT molecular complexity index is 854. The first-order valence-electron chi connectivity index (χ1n) is 6.37. The van der Waals surface area contributed by atoms with Crippen LogP contribution >= 0.6 is 0 Å². The van der Waals surface area contributed by atoms with E-state index < -0.39 is 0 Å². The molecule has 21 heavy (non-hydrogen) atoms. The molecule has 0 unspecified atom stereocenters. The van der Waals surface area contributed by atoms with Crippen LogP contribution < -0.4 is 14.4 Å². The molecule has 2 heterocycles. The fraction of sp³-hybridized carbons (Fsp3) is 0.0667. The first-order valence-corrected chi connectivity index (χ1v) is 6.37. The molecule has 2 aromatic carbocycles. The Morgan fingerprint density at radius 2 is 1.76 bits per heavy atom. The van der Waals surface area contributed by atoms with E-state index in [9.17, 15) is 5.21 Å². The number of benzene rings is 2. The second-order valence-corrected chi connectivity index (χ2v) is 4.62. The molecule has 0 aliphatic carbocycles. The second-order valence-electron chi connectivity index (χ2n) is 4.62. The molecular weight excluding hydrogens is 272 g/mol. The van der Waals surface area contributed by atoms with Crippen molar-refractivity contribution in [2.24, 2.45) is 0 Å². The molecule has 1 aromatic heterocycles. The maximum atomic E-state index is 11.2. The van der Waals surface area contributed by atoms with Crippen molar-refractivity contribution >= 4 is 23.2 Å². The number of nitrogens with zero attached hydrogens (tertiary/aromatic N) is 2. The molecular formula is C15H10N2O4. The third-order valence-corrected chi connectivity index (χ3v) is 3.27. The van der Waals surface area contributed by atoms with E-state index in [2.05, 4.69) is 9.79 Å². The molecule has 0 bridgehead atoms. The van der Waals surface area contributed by atoms with Crippen LogP contribution in [0.5, 0.6) is 11.5 Å².